The van der Waals surface area contributed by atoms with Crippen LogP contribution in [0.3, 0.4) is 0 Å². The lowest BCUT2D eigenvalue weighted by molar-refractivity contribution is 0.481. The van der Waals surface area contributed by atoms with Crippen LogP contribution in [0.4, 0.5) is 17.3 Å². The van der Waals surface area contributed by atoms with Crippen molar-refractivity contribution < 1.29 is 4.74 Å². The smallest absolute Gasteiger partial charge is 0.220 e. The zero-order valence-electron chi connectivity index (χ0n) is 16.0. The zero-order chi connectivity index (χ0) is 20.6. The number of benzene rings is 2. The topological polar surface area (TPSA) is 126 Å². The molecule has 0 amide bonds. The minimum atomic E-state index is 0.268. The summed E-state index contributed by atoms with van der Waals surface area (Å²) in [4.78, 5) is 12.0. The fraction of sp³-hybridized carbons (Fsp3) is 0.0455. The summed E-state index contributed by atoms with van der Waals surface area (Å²) in [6.07, 6.45) is 3.35. The molecule has 4 aromatic rings. The summed E-state index contributed by atoms with van der Waals surface area (Å²) in [6, 6.07) is 20.3. The quantitative estimate of drug-likeness (QED) is 0.453. The summed E-state index contributed by atoms with van der Waals surface area (Å²) in [5.74, 6) is 1.83. The predicted molar refractivity (Wildman–Crippen MR) is 116 cm³/mol. The fourth-order valence-electron chi connectivity index (χ4n) is 2.49. The maximum atomic E-state index is 5.66. The molecule has 0 unspecified atom stereocenters. The van der Waals surface area contributed by atoms with Crippen LogP contribution >= 0.6 is 0 Å². The zero-order valence-corrected chi connectivity index (χ0v) is 16.0. The molecule has 0 radical (unpaired) electrons. The lowest BCUT2D eigenvalue weighted by Gasteiger charge is -2.05. The van der Waals surface area contributed by atoms with Crippen LogP contribution in [0.15, 0.2) is 79.1 Å². The lowest BCUT2D eigenvalue weighted by atomic mass is 10.1. The van der Waals surface area contributed by atoms with Crippen molar-refractivity contribution in [3.8, 4) is 22.8 Å². The van der Waals surface area contributed by atoms with Gasteiger partial charge in [0.2, 0.25) is 5.95 Å². The molecule has 7 heteroatoms. The van der Waals surface area contributed by atoms with Crippen molar-refractivity contribution in [3.63, 3.8) is 0 Å². The highest BCUT2D eigenvalue weighted by atomic mass is 16.5. The SMILES string of the molecule is Cc1cc(Oc2ccc(N)cc2)ccn1.Nc1cccc(-c2ccnc(N)n2)c1. The lowest BCUT2D eigenvalue weighted by Crippen LogP contribution is -1.95. The van der Waals surface area contributed by atoms with Gasteiger partial charge in [0, 0.05) is 41.1 Å². The number of anilines is 3. The monoisotopic (exact) mass is 386 g/mol. The fourth-order valence-corrected chi connectivity index (χ4v) is 2.49. The first-order chi connectivity index (χ1) is 14.0. The van der Waals surface area contributed by atoms with Crippen molar-refractivity contribution in [2.24, 2.45) is 0 Å². The number of nitrogen functional groups attached to an aromatic ring is 3. The van der Waals surface area contributed by atoms with Gasteiger partial charge in [-0.3, -0.25) is 4.98 Å². The number of pyridine rings is 1. The molecule has 0 aliphatic carbocycles. The van der Waals surface area contributed by atoms with E-state index >= 15 is 0 Å². The Kier molecular flexibility index (Phi) is 6.22. The molecular formula is C22H22N6O. The Morgan fingerprint density at radius 3 is 2.17 bits per heavy atom. The molecule has 0 saturated carbocycles. The van der Waals surface area contributed by atoms with Crippen LogP contribution in [0.1, 0.15) is 5.69 Å². The third-order valence-corrected chi connectivity index (χ3v) is 3.84. The first-order valence-electron chi connectivity index (χ1n) is 8.90. The first kappa shape index (κ1) is 19.6. The van der Waals surface area contributed by atoms with E-state index in [2.05, 4.69) is 15.0 Å². The Hall–Kier alpha value is -4.13. The van der Waals surface area contributed by atoms with E-state index in [1.54, 1.807) is 18.5 Å². The van der Waals surface area contributed by atoms with Crippen molar-refractivity contribution >= 4 is 17.3 Å². The van der Waals surface area contributed by atoms with E-state index in [-0.39, 0.29) is 5.95 Å². The van der Waals surface area contributed by atoms with Gasteiger partial charge in [-0.1, -0.05) is 12.1 Å². The summed E-state index contributed by atoms with van der Waals surface area (Å²) < 4.78 is 5.62. The van der Waals surface area contributed by atoms with Gasteiger partial charge in [0.1, 0.15) is 11.5 Å². The molecule has 2 heterocycles. The third-order valence-electron chi connectivity index (χ3n) is 3.84. The van der Waals surface area contributed by atoms with Gasteiger partial charge >= 0.3 is 0 Å². The van der Waals surface area contributed by atoms with Gasteiger partial charge in [-0.15, -0.1) is 0 Å². The third kappa shape index (κ3) is 5.93. The molecule has 0 aliphatic rings. The molecule has 0 fully saturated rings. The number of aromatic nitrogens is 3. The van der Waals surface area contributed by atoms with Gasteiger partial charge in [-0.05, 0) is 55.5 Å². The second-order valence-corrected chi connectivity index (χ2v) is 6.23. The Morgan fingerprint density at radius 2 is 1.48 bits per heavy atom. The summed E-state index contributed by atoms with van der Waals surface area (Å²) in [6.45, 7) is 1.93. The van der Waals surface area contributed by atoms with Crippen molar-refractivity contribution in [3.05, 3.63) is 84.8 Å². The standard InChI is InChI=1S/C12H12N2O.C10H10N4/c1-9-8-12(6-7-14-9)15-11-4-2-10(13)3-5-11;11-8-3-1-2-7(6-8)9-4-5-13-10(12)14-9/h2-8H,13H2,1H3;1-6H,11H2,(H2,12,13,14). The van der Waals surface area contributed by atoms with Crippen LogP contribution in [0.25, 0.3) is 11.3 Å². The average Bonchev–Trinajstić information content (AvgIpc) is 2.70. The number of aryl methyl sites for hydroxylation is 1. The molecule has 0 aliphatic heterocycles. The predicted octanol–water partition coefficient (Wildman–Crippen LogP) is 4.07. The molecule has 4 rings (SSSR count). The number of rotatable bonds is 3. The van der Waals surface area contributed by atoms with Crippen molar-refractivity contribution in [1.29, 1.82) is 0 Å². The molecule has 2 aromatic carbocycles. The molecule has 2 aromatic heterocycles. The van der Waals surface area contributed by atoms with Gasteiger partial charge in [0.05, 0.1) is 5.69 Å². The highest BCUT2D eigenvalue weighted by Gasteiger charge is 2.00. The highest BCUT2D eigenvalue weighted by molar-refractivity contribution is 5.64. The Morgan fingerprint density at radius 1 is 0.724 bits per heavy atom. The van der Waals surface area contributed by atoms with E-state index in [9.17, 15) is 0 Å². The van der Waals surface area contributed by atoms with Crippen LogP contribution in [-0.4, -0.2) is 15.0 Å². The summed E-state index contributed by atoms with van der Waals surface area (Å²) in [5, 5.41) is 0. The normalized spacial score (nSPS) is 9.97. The van der Waals surface area contributed by atoms with Crippen LogP contribution in [0.2, 0.25) is 0 Å². The minimum Gasteiger partial charge on any atom is -0.457 e. The molecule has 0 atom stereocenters. The Bertz CT molecular complexity index is 1040. The molecule has 146 valence electrons. The van der Waals surface area contributed by atoms with Crippen LogP contribution in [0.5, 0.6) is 11.5 Å². The van der Waals surface area contributed by atoms with Gasteiger partial charge in [0.15, 0.2) is 0 Å². The molecule has 0 saturated heterocycles. The number of nitrogens with two attached hydrogens (primary N) is 3. The van der Waals surface area contributed by atoms with E-state index in [4.69, 9.17) is 21.9 Å². The van der Waals surface area contributed by atoms with Crippen LogP contribution in [-0.2, 0) is 0 Å². The van der Waals surface area contributed by atoms with Crippen molar-refractivity contribution in [2.45, 2.75) is 6.92 Å². The minimum absolute atomic E-state index is 0.268. The second kappa shape index (κ2) is 9.18. The maximum Gasteiger partial charge on any atom is 0.220 e. The molecule has 7 nitrogen and oxygen atoms in total. The van der Waals surface area contributed by atoms with Crippen LogP contribution in [0, 0.1) is 6.92 Å². The number of nitrogens with zero attached hydrogens (tertiary/aromatic N) is 3. The van der Waals surface area contributed by atoms with Gasteiger partial charge in [-0.2, -0.15) is 0 Å². The van der Waals surface area contributed by atoms with Crippen molar-refractivity contribution in [2.75, 3.05) is 17.2 Å². The second-order valence-electron chi connectivity index (χ2n) is 6.23. The molecule has 0 spiro atoms. The number of hydrogen-bond donors (Lipinski definition) is 3. The number of ether oxygens (including phenoxy) is 1. The van der Waals surface area contributed by atoms with Gasteiger partial charge < -0.3 is 21.9 Å². The van der Waals surface area contributed by atoms with E-state index in [1.807, 2.05) is 67.6 Å². The largest absolute Gasteiger partial charge is 0.457 e. The molecular weight excluding hydrogens is 364 g/mol. The first-order valence-corrected chi connectivity index (χ1v) is 8.90. The van der Waals surface area contributed by atoms with Gasteiger partial charge in [-0.25, -0.2) is 9.97 Å². The molecule has 6 N–H and O–H groups in total. The average molecular weight is 386 g/mol. The summed E-state index contributed by atoms with van der Waals surface area (Å²) in [5.41, 5.74) is 20.8. The molecule has 0 bridgehead atoms. The summed E-state index contributed by atoms with van der Waals surface area (Å²) >= 11 is 0. The van der Waals surface area contributed by atoms with E-state index in [0.717, 1.165) is 34.1 Å². The Balaban J connectivity index is 0.000000166. The summed E-state index contributed by atoms with van der Waals surface area (Å²) in [7, 11) is 0. The highest BCUT2D eigenvalue weighted by Crippen LogP contribution is 2.22. The van der Waals surface area contributed by atoms with Crippen molar-refractivity contribution in [1.82, 2.24) is 15.0 Å². The maximum absolute atomic E-state index is 5.66. The van der Waals surface area contributed by atoms with E-state index in [1.165, 1.54) is 0 Å². The van der Waals surface area contributed by atoms with Gasteiger partial charge in [0.25, 0.3) is 0 Å². The number of hydrogen-bond acceptors (Lipinski definition) is 7. The van der Waals surface area contributed by atoms with E-state index in [0.29, 0.717) is 5.69 Å². The van der Waals surface area contributed by atoms with E-state index < -0.39 is 0 Å². The molecule has 29 heavy (non-hydrogen) atoms. The van der Waals surface area contributed by atoms with Crippen LogP contribution < -0.4 is 21.9 Å². The Labute approximate surface area is 169 Å².